The van der Waals surface area contributed by atoms with Crippen LogP contribution in [0.1, 0.15) is 38.7 Å². The molecule has 0 aromatic heterocycles. The van der Waals surface area contributed by atoms with Gasteiger partial charge < -0.3 is 0 Å². The van der Waals surface area contributed by atoms with Crippen molar-refractivity contribution in [3.8, 4) is 0 Å². The molecule has 0 saturated heterocycles. The Morgan fingerprint density at radius 2 is 1.80 bits per heavy atom. The lowest BCUT2D eigenvalue weighted by Crippen LogP contribution is -2.22. The zero-order valence-electron chi connectivity index (χ0n) is 9.66. The largest absolute Gasteiger partial charge is 0.299 e. The van der Waals surface area contributed by atoms with Gasteiger partial charge >= 0.3 is 0 Å². The van der Waals surface area contributed by atoms with Crippen LogP contribution in [-0.4, -0.2) is 5.78 Å². The first kappa shape index (κ1) is 10.4. The standard InChI is InChI=1S/C14H18O/c1-14(2,3)13(15)12-9-11(12)10-7-5-4-6-8-10/h4-8,11-12H,9H2,1-3H3. The van der Waals surface area contributed by atoms with E-state index in [0.29, 0.717) is 11.7 Å². The van der Waals surface area contributed by atoms with E-state index in [1.54, 1.807) is 0 Å². The van der Waals surface area contributed by atoms with Crippen LogP contribution < -0.4 is 0 Å². The molecule has 0 radical (unpaired) electrons. The second-order valence-electron chi connectivity index (χ2n) is 5.47. The molecule has 0 aliphatic heterocycles. The quantitative estimate of drug-likeness (QED) is 0.718. The summed E-state index contributed by atoms with van der Waals surface area (Å²) in [4.78, 5) is 12.0. The van der Waals surface area contributed by atoms with E-state index >= 15 is 0 Å². The monoisotopic (exact) mass is 202 g/mol. The van der Waals surface area contributed by atoms with E-state index in [4.69, 9.17) is 0 Å². The van der Waals surface area contributed by atoms with Crippen LogP contribution >= 0.6 is 0 Å². The van der Waals surface area contributed by atoms with Crippen molar-refractivity contribution >= 4 is 5.78 Å². The average Bonchev–Trinajstić information content (AvgIpc) is 2.96. The Kier molecular flexibility index (Phi) is 2.41. The average molecular weight is 202 g/mol. The van der Waals surface area contributed by atoms with Crippen molar-refractivity contribution in [3.05, 3.63) is 35.9 Å². The molecule has 2 rings (SSSR count). The molecule has 1 aromatic carbocycles. The second kappa shape index (κ2) is 3.48. The molecule has 0 N–H and O–H groups in total. The first-order chi connectivity index (χ1) is 7.00. The summed E-state index contributed by atoms with van der Waals surface area (Å²) < 4.78 is 0. The van der Waals surface area contributed by atoms with Crippen LogP contribution in [-0.2, 0) is 4.79 Å². The molecule has 1 aliphatic carbocycles. The second-order valence-corrected chi connectivity index (χ2v) is 5.47. The zero-order valence-corrected chi connectivity index (χ0v) is 9.66. The topological polar surface area (TPSA) is 17.1 Å². The van der Waals surface area contributed by atoms with Crippen LogP contribution in [0.4, 0.5) is 0 Å². The maximum absolute atomic E-state index is 12.0. The minimum atomic E-state index is -0.186. The highest BCUT2D eigenvalue weighted by atomic mass is 16.1. The molecule has 0 bridgehead atoms. The van der Waals surface area contributed by atoms with E-state index in [1.807, 2.05) is 39.0 Å². The Morgan fingerprint density at radius 3 is 2.33 bits per heavy atom. The Labute approximate surface area is 91.5 Å². The van der Waals surface area contributed by atoms with Crippen molar-refractivity contribution in [2.24, 2.45) is 11.3 Å². The van der Waals surface area contributed by atoms with Crippen LogP contribution in [0, 0.1) is 11.3 Å². The van der Waals surface area contributed by atoms with Crippen molar-refractivity contribution in [1.29, 1.82) is 0 Å². The molecule has 1 nitrogen and oxygen atoms in total. The van der Waals surface area contributed by atoms with Gasteiger partial charge in [-0.1, -0.05) is 51.1 Å². The predicted molar refractivity (Wildman–Crippen MR) is 61.8 cm³/mol. The van der Waals surface area contributed by atoms with E-state index in [-0.39, 0.29) is 11.3 Å². The van der Waals surface area contributed by atoms with E-state index in [2.05, 4.69) is 12.1 Å². The van der Waals surface area contributed by atoms with Crippen molar-refractivity contribution in [3.63, 3.8) is 0 Å². The van der Waals surface area contributed by atoms with Crippen LogP contribution in [0.15, 0.2) is 30.3 Å². The summed E-state index contributed by atoms with van der Waals surface area (Å²) in [6, 6.07) is 10.4. The fourth-order valence-electron chi connectivity index (χ4n) is 2.11. The van der Waals surface area contributed by atoms with Crippen LogP contribution in [0.25, 0.3) is 0 Å². The van der Waals surface area contributed by atoms with Gasteiger partial charge in [-0.3, -0.25) is 4.79 Å². The number of benzene rings is 1. The highest BCUT2D eigenvalue weighted by Gasteiger charge is 2.46. The first-order valence-corrected chi connectivity index (χ1v) is 5.59. The predicted octanol–water partition coefficient (Wildman–Crippen LogP) is 3.41. The smallest absolute Gasteiger partial charge is 0.141 e. The van der Waals surface area contributed by atoms with Gasteiger partial charge in [-0.2, -0.15) is 0 Å². The summed E-state index contributed by atoms with van der Waals surface area (Å²) in [5.74, 6) is 1.17. The summed E-state index contributed by atoms with van der Waals surface area (Å²) >= 11 is 0. The Bertz CT molecular complexity index is 359. The minimum Gasteiger partial charge on any atom is -0.299 e. The third-order valence-corrected chi connectivity index (χ3v) is 3.09. The molecule has 0 spiro atoms. The first-order valence-electron chi connectivity index (χ1n) is 5.59. The number of rotatable bonds is 2. The van der Waals surface area contributed by atoms with Gasteiger partial charge in [-0.15, -0.1) is 0 Å². The van der Waals surface area contributed by atoms with Gasteiger partial charge in [0.15, 0.2) is 0 Å². The maximum atomic E-state index is 12.0. The summed E-state index contributed by atoms with van der Waals surface area (Å²) in [6.07, 6.45) is 1.04. The van der Waals surface area contributed by atoms with Crippen molar-refractivity contribution in [2.75, 3.05) is 0 Å². The van der Waals surface area contributed by atoms with Gasteiger partial charge in [0.05, 0.1) is 0 Å². The molecule has 15 heavy (non-hydrogen) atoms. The fraction of sp³-hybridized carbons (Fsp3) is 0.500. The highest BCUT2D eigenvalue weighted by Crippen LogP contribution is 2.50. The third-order valence-electron chi connectivity index (χ3n) is 3.09. The van der Waals surface area contributed by atoms with Gasteiger partial charge in [0.2, 0.25) is 0 Å². The van der Waals surface area contributed by atoms with Gasteiger partial charge in [0.1, 0.15) is 5.78 Å². The lowest BCUT2D eigenvalue weighted by Gasteiger charge is -2.16. The SMILES string of the molecule is CC(C)(C)C(=O)C1CC1c1ccccc1. The molecule has 1 aliphatic rings. The molecule has 80 valence electrons. The number of hydrogen-bond donors (Lipinski definition) is 0. The minimum absolute atomic E-state index is 0.186. The molecule has 1 aromatic rings. The van der Waals surface area contributed by atoms with Crippen LogP contribution in [0.3, 0.4) is 0 Å². The molecule has 1 saturated carbocycles. The lowest BCUT2D eigenvalue weighted by atomic mass is 9.87. The number of ketones is 1. The molecule has 0 amide bonds. The van der Waals surface area contributed by atoms with E-state index in [0.717, 1.165) is 6.42 Å². The Balaban J connectivity index is 2.06. The van der Waals surface area contributed by atoms with Gasteiger partial charge in [-0.25, -0.2) is 0 Å². The van der Waals surface area contributed by atoms with Gasteiger partial charge in [-0.05, 0) is 17.9 Å². The lowest BCUT2D eigenvalue weighted by molar-refractivity contribution is -0.127. The van der Waals surface area contributed by atoms with E-state index in [1.165, 1.54) is 5.56 Å². The Morgan fingerprint density at radius 1 is 1.20 bits per heavy atom. The maximum Gasteiger partial charge on any atom is 0.141 e. The summed E-state index contributed by atoms with van der Waals surface area (Å²) in [7, 11) is 0. The number of carbonyl (C=O) groups is 1. The zero-order chi connectivity index (χ0) is 11.1. The van der Waals surface area contributed by atoms with Crippen LogP contribution in [0.5, 0.6) is 0 Å². The Hall–Kier alpha value is -1.11. The van der Waals surface area contributed by atoms with Crippen molar-refractivity contribution in [1.82, 2.24) is 0 Å². The molecule has 2 atom stereocenters. The number of Topliss-reactive ketones (excluding diaryl/α,β-unsaturated/α-hetero) is 1. The normalized spacial score (nSPS) is 25.0. The van der Waals surface area contributed by atoms with Crippen LogP contribution in [0.2, 0.25) is 0 Å². The van der Waals surface area contributed by atoms with Crippen molar-refractivity contribution < 1.29 is 4.79 Å². The molecule has 1 fully saturated rings. The van der Waals surface area contributed by atoms with E-state index < -0.39 is 0 Å². The molecule has 2 unspecified atom stereocenters. The highest BCUT2D eigenvalue weighted by molar-refractivity contribution is 5.89. The summed E-state index contributed by atoms with van der Waals surface area (Å²) in [5.41, 5.74) is 1.13. The molecular formula is C14H18O. The van der Waals surface area contributed by atoms with Gasteiger partial charge in [0, 0.05) is 11.3 Å². The third kappa shape index (κ3) is 2.11. The molecular weight excluding hydrogens is 184 g/mol. The fourth-order valence-corrected chi connectivity index (χ4v) is 2.11. The number of hydrogen-bond acceptors (Lipinski definition) is 1. The summed E-state index contributed by atoms with van der Waals surface area (Å²) in [6.45, 7) is 6.03. The van der Waals surface area contributed by atoms with Crippen molar-refractivity contribution in [2.45, 2.75) is 33.1 Å². The summed E-state index contributed by atoms with van der Waals surface area (Å²) in [5, 5.41) is 0. The molecule has 1 heteroatoms. The molecule has 0 heterocycles. The number of carbonyl (C=O) groups excluding carboxylic acids is 1. The van der Waals surface area contributed by atoms with Gasteiger partial charge in [0.25, 0.3) is 0 Å². The van der Waals surface area contributed by atoms with E-state index in [9.17, 15) is 4.79 Å².